The van der Waals surface area contributed by atoms with E-state index in [4.69, 9.17) is 9.15 Å². The molecule has 0 radical (unpaired) electrons. The van der Waals surface area contributed by atoms with Crippen LogP contribution < -0.4 is 5.32 Å². The van der Waals surface area contributed by atoms with Crippen molar-refractivity contribution in [3.05, 3.63) is 54.0 Å². The maximum absolute atomic E-state index is 12.8. The highest BCUT2D eigenvalue weighted by Crippen LogP contribution is 2.21. The lowest BCUT2D eigenvalue weighted by Crippen LogP contribution is -2.48. The molecule has 1 fully saturated rings. The highest BCUT2D eigenvalue weighted by Gasteiger charge is 2.32. The fourth-order valence-electron chi connectivity index (χ4n) is 3.11. The first-order chi connectivity index (χ1) is 12.9. The van der Waals surface area contributed by atoms with Gasteiger partial charge in [-0.1, -0.05) is 0 Å². The van der Waals surface area contributed by atoms with E-state index in [0.29, 0.717) is 31.6 Å². The summed E-state index contributed by atoms with van der Waals surface area (Å²) in [6.07, 6.45) is 1.88. The van der Waals surface area contributed by atoms with Gasteiger partial charge in [0, 0.05) is 31.6 Å². The average molecular weight is 392 g/mol. The molecule has 0 saturated carbocycles. The first-order valence-electron chi connectivity index (χ1n) is 8.92. The van der Waals surface area contributed by atoms with Crippen molar-refractivity contribution in [3.63, 3.8) is 0 Å². The lowest BCUT2D eigenvalue weighted by molar-refractivity contribution is -0.0440. The van der Waals surface area contributed by atoms with Crippen LogP contribution in [0.25, 0.3) is 0 Å². The highest BCUT2D eigenvalue weighted by molar-refractivity contribution is 7.89. The Bertz CT molecular complexity index is 852. The van der Waals surface area contributed by atoms with Crippen molar-refractivity contribution in [3.8, 4) is 0 Å². The van der Waals surface area contributed by atoms with Crippen LogP contribution in [0.15, 0.2) is 52.0 Å². The Balaban J connectivity index is 1.62. The summed E-state index contributed by atoms with van der Waals surface area (Å²) >= 11 is 0. The van der Waals surface area contributed by atoms with E-state index in [1.54, 1.807) is 12.3 Å². The van der Waals surface area contributed by atoms with E-state index in [1.807, 2.05) is 19.9 Å². The largest absolute Gasteiger partial charge is 0.469 e. The summed E-state index contributed by atoms with van der Waals surface area (Å²) in [4.78, 5) is 12.4. The van der Waals surface area contributed by atoms with Gasteiger partial charge in [0.25, 0.3) is 5.91 Å². The molecule has 1 saturated heterocycles. The van der Waals surface area contributed by atoms with Crippen molar-refractivity contribution in [2.24, 2.45) is 0 Å². The Kier molecular flexibility index (Phi) is 5.98. The second-order valence-electron chi connectivity index (χ2n) is 6.69. The second-order valence-corrected chi connectivity index (χ2v) is 8.63. The maximum Gasteiger partial charge on any atom is 0.251 e. The molecule has 7 nitrogen and oxygen atoms in total. The van der Waals surface area contributed by atoms with E-state index >= 15 is 0 Å². The molecule has 1 aliphatic heterocycles. The molecule has 0 spiro atoms. The van der Waals surface area contributed by atoms with Crippen molar-refractivity contribution < 1.29 is 22.4 Å². The first-order valence-corrected chi connectivity index (χ1v) is 10.4. The van der Waals surface area contributed by atoms with Gasteiger partial charge in [0.2, 0.25) is 10.0 Å². The minimum atomic E-state index is -3.61. The standard InChI is InChI=1S/C19H24N2O5S/c1-14-12-21(13-15(2)26-14)27(23,24)18-7-5-16(6-8-18)19(22)20-10-9-17-4-3-11-25-17/h3-8,11,14-15H,9-10,12-13H2,1-2H3,(H,20,22)/t14-,15+. The van der Waals surface area contributed by atoms with Crippen LogP contribution in [-0.4, -0.2) is 50.5 Å². The number of ether oxygens (including phenoxy) is 1. The van der Waals surface area contributed by atoms with Crippen molar-refractivity contribution in [1.29, 1.82) is 0 Å². The van der Waals surface area contributed by atoms with Crippen LogP contribution in [0, 0.1) is 0 Å². The number of carbonyl (C=O) groups is 1. The van der Waals surface area contributed by atoms with Crippen molar-refractivity contribution >= 4 is 15.9 Å². The number of rotatable bonds is 6. The lowest BCUT2D eigenvalue weighted by atomic mass is 10.2. The van der Waals surface area contributed by atoms with Crippen LogP contribution >= 0.6 is 0 Å². The third-order valence-electron chi connectivity index (χ3n) is 4.38. The van der Waals surface area contributed by atoms with Crippen LogP contribution in [0.1, 0.15) is 30.0 Å². The molecule has 2 heterocycles. The van der Waals surface area contributed by atoms with Gasteiger partial charge in [-0.25, -0.2) is 8.42 Å². The Hall–Kier alpha value is -2.16. The molecule has 2 aromatic rings. The Morgan fingerprint density at radius 2 is 1.81 bits per heavy atom. The maximum atomic E-state index is 12.8. The molecule has 0 aliphatic carbocycles. The molecule has 1 N–H and O–H groups in total. The number of sulfonamides is 1. The van der Waals surface area contributed by atoms with Crippen LogP contribution in [0.2, 0.25) is 0 Å². The molecule has 27 heavy (non-hydrogen) atoms. The lowest BCUT2D eigenvalue weighted by Gasteiger charge is -2.34. The summed E-state index contributed by atoms with van der Waals surface area (Å²) in [5.41, 5.74) is 0.414. The van der Waals surface area contributed by atoms with Crippen molar-refractivity contribution in [1.82, 2.24) is 9.62 Å². The Labute approximate surface area is 159 Å². The van der Waals surface area contributed by atoms with Gasteiger partial charge in [-0.3, -0.25) is 4.79 Å². The Morgan fingerprint density at radius 1 is 1.15 bits per heavy atom. The monoisotopic (exact) mass is 392 g/mol. The number of nitrogens with one attached hydrogen (secondary N) is 1. The molecule has 0 unspecified atom stereocenters. The summed E-state index contributed by atoms with van der Waals surface area (Å²) in [7, 11) is -3.61. The van der Waals surface area contributed by atoms with Crippen LogP contribution in [0.4, 0.5) is 0 Å². The number of hydrogen-bond acceptors (Lipinski definition) is 5. The van der Waals surface area contributed by atoms with E-state index in [9.17, 15) is 13.2 Å². The zero-order valence-electron chi connectivity index (χ0n) is 15.4. The zero-order chi connectivity index (χ0) is 19.4. The molecule has 0 bridgehead atoms. The van der Waals surface area contributed by atoms with E-state index in [1.165, 1.54) is 28.6 Å². The smallest absolute Gasteiger partial charge is 0.251 e. The van der Waals surface area contributed by atoms with Gasteiger partial charge in [0.15, 0.2) is 0 Å². The fourth-order valence-corrected chi connectivity index (χ4v) is 4.70. The summed E-state index contributed by atoms with van der Waals surface area (Å²) in [6, 6.07) is 9.65. The molecule has 1 aromatic heterocycles. The fraction of sp³-hybridized carbons (Fsp3) is 0.421. The Morgan fingerprint density at radius 3 is 2.41 bits per heavy atom. The molecular weight excluding hydrogens is 368 g/mol. The average Bonchev–Trinajstić information content (AvgIpc) is 3.14. The minimum Gasteiger partial charge on any atom is -0.469 e. The second kappa shape index (κ2) is 8.24. The summed E-state index contributed by atoms with van der Waals surface area (Å²) in [5.74, 6) is 0.546. The third-order valence-corrected chi connectivity index (χ3v) is 6.22. The summed E-state index contributed by atoms with van der Waals surface area (Å²) in [5, 5.41) is 2.80. The summed E-state index contributed by atoms with van der Waals surface area (Å²) < 4.78 is 37.9. The van der Waals surface area contributed by atoms with Gasteiger partial charge in [-0.15, -0.1) is 0 Å². The third kappa shape index (κ3) is 4.77. The SMILES string of the molecule is C[C@@H]1CN(S(=O)(=O)c2ccc(C(=O)NCCc3ccco3)cc2)C[C@H](C)O1. The molecule has 1 amide bonds. The van der Waals surface area contributed by atoms with Gasteiger partial charge >= 0.3 is 0 Å². The molecule has 146 valence electrons. The minimum absolute atomic E-state index is 0.150. The quantitative estimate of drug-likeness (QED) is 0.813. The van der Waals surface area contributed by atoms with Gasteiger partial charge < -0.3 is 14.5 Å². The van der Waals surface area contributed by atoms with Crippen LogP contribution in [0.3, 0.4) is 0 Å². The molecule has 1 aromatic carbocycles. The summed E-state index contributed by atoms with van der Waals surface area (Å²) in [6.45, 7) is 4.79. The molecule has 8 heteroatoms. The van der Waals surface area contributed by atoms with E-state index in [-0.39, 0.29) is 23.0 Å². The van der Waals surface area contributed by atoms with Gasteiger partial charge in [-0.2, -0.15) is 4.31 Å². The molecular formula is C19H24N2O5S. The van der Waals surface area contributed by atoms with Crippen LogP contribution in [0.5, 0.6) is 0 Å². The van der Waals surface area contributed by atoms with Gasteiger partial charge in [0.1, 0.15) is 5.76 Å². The van der Waals surface area contributed by atoms with Crippen LogP contribution in [-0.2, 0) is 21.2 Å². The van der Waals surface area contributed by atoms with E-state index < -0.39 is 10.0 Å². The predicted molar refractivity (Wildman–Crippen MR) is 100.0 cm³/mol. The number of morpholine rings is 1. The predicted octanol–water partition coefficient (Wildman–Crippen LogP) is 2.05. The number of benzene rings is 1. The molecule has 3 rings (SSSR count). The number of nitrogens with zero attached hydrogens (tertiary/aromatic N) is 1. The number of carbonyl (C=O) groups excluding carboxylic acids is 1. The van der Waals surface area contributed by atoms with Crippen molar-refractivity contribution in [2.45, 2.75) is 37.4 Å². The first kappa shape index (κ1) is 19.6. The topological polar surface area (TPSA) is 88.9 Å². The van der Waals surface area contributed by atoms with Gasteiger partial charge in [-0.05, 0) is 50.2 Å². The number of hydrogen-bond donors (Lipinski definition) is 1. The van der Waals surface area contributed by atoms with E-state index in [0.717, 1.165) is 5.76 Å². The molecule has 1 aliphatic rings. The molecule has 2 atom stereocenters. The number of amides is 1. The highest BCUT2D eigenvalue weighted by atomic mass is 32.2. The number of furan rings is 1. The van der Waals surface area contributed by atoms with Gasteiger partial charge in [0.05, 0.1) is 23.4 Å². The van der Waals surface area contributed by atoms with E-state index in [2.05, 4.69) is 5.32 Å². The zero-order valence-corrected chi connectivity index (χ0v) is 16.2. The van der Waals surface area contributed by atoms with Crippen molar-refractivity contribution in [2.75, 3.05) is 19.6 Å². The normalized spacial score (nSPS) is 21.1.